The number of anilines is 1. The fraction of sp³-hybridized carbons (Fsp3) is 0.545. The summed E-state index contributed by atoms with van der Waals surface area (Å²) in [5.74, 6) is -8.33. The molecule has 1 amide bonds. The van der Waals surface area contributed by atoms with Crippen LogP contribution in [-0.2, 0) is 23.8 Å². The number of hydrazone groups is 1. The molecule has 0 spiro atoms. The van der Waals surface area contributed by atoms with Crippen molar-refractivity contribution in [3.05, 3.63) is 52.8 Å². The van der Waals surface area contributed by atoms with Crippen LogP contribution in [0, 0.1) is 30.6 Å². The number of methoxy groups -OCH3 is 1. The number of hydrogen-bond donors (Lipinski definition) is 6. The molecule has 16 nitrogen and oxygen atoms in total. The molecule has 1 saturated heterocycles. The van der Waals surface area contributed by atoms with E-state index in [4.69, 9.17) is 18.9 Å². The number of phenols is 3. The number of rotatable bonds is 5. The average Bonchev–Trinajstić information content (AvgIpc) is 3.49. The van der Waals surface area contributed by atoms with E-state index in [-0.39, 0.29) is 44.5 Å². The van der Waals surface area contributed by atoms with E-state index in [9.17, 15) is 39.9 Å². The highest BCUT2D eigenvalue weighted by atomic mass is 16.7. The van der Waals surface area contributed by atoms with Crippen LogP contribution in [0.25, 0.3) is 10.8 Å². The number of allylic oxidation sites excluding steroid dienone is 2. The highest BCUT2D eigenvalue weighted by Crippen LogP contribution is 2.55. The predicted octanol–water partition coefficient (Wildman–Crippen LogP) is 4.73. The maximum absolute atomic E-state index is 14.5. The van der Waals surface area contributed by atoms with Gasteiger partial charge in [0.15, 0.2) is 5.75 Å². The van der Waals surface area contributed by atoms with Gasteiger partial charge in [-0.25, -0.2) is 0 Å². The number of hydrogen-bond acceptors (Lipinski definition) is 15. The number of piperazine rings is 1. The van der Waals surface area contributed by atoms with Crippen LogP contribution in [0.1, 0.15) is 76.9 Å². The summed E-state index contributed by atoms with van der Waals surface area (Å²) in [6.45, 7) is 18.1. The van der Waals surface area contributed by atoms with Gasteiger partial charge in [0, 0.05) is 87.3 Å². The van der Waals surface area contributed by atoms with Gasteiger partial charge in [0.1, 0.15) is 23.4 Å². The minimum absolute atomic E-state index is 0.0572. The van der Waals surface area contributed by atoms with E-state index in [1.165, 1.54) is 59.4 Å². The summed E-state index contributed by atoms with van der Waals surface area (Å²) in [5.41, 5.74) is -0.339. The lowest BCUT2D eigenvalue weighted by atomic mass is 9.78. The molecule has 2 aromatic carbocycles. The third kappa shape index (κ3) is 8.97. The van der Waals surface area contributed by atoms with E-state index in [0.29, 0.717) is 13.1 Å². The van der Waals surface area contributed by atoms with Crippen LogP contribution in [0.2, 0.25) is 0 Å². The van der Waals surface area contributed by atoms with Gasteiger partial charge in [0.2, 0.25) is 0 Å². The first-order valence-corrected chi connectivity index (χ1v) is 20.4. The first kappa shape index (κ1) is 45.9. The fourth-order valence-electron chi connectivity index (χ4n) is 8.18. The van der Waals surface area contributed by atoms with Crippen molar-refractivity contribution in [1.29, 1.82) is 0 Å². The molecule has 9 atom stereocenters. The molecule has 0 aliphatic carbocycles. The van der Waals surface area contributed by atoms with Crippen LogP contribution in [0.4, 0.5) is 5.69 Å². The number of benzene rings is 2. The second-order valence-electron chi connectivity index (χ2n) is 16.3. The number of aliphatic hydroxyl groups is 2. The number of ketones is 1. The van der Waals surface area contributed by atoms with Crippen molar-refractivity contribution < 1.29 is 58.9 Å². The zero-order valence-corrected chi connectivity index (χ0v) is 36.1. The molecule has 1 fully saturated rings. The molecular weight excluding hydrogens is 776 g/mol. The Morgan fingerprint density at radius 3 is 2.25 bits per heavy atom. The number of phenolic OH excluding ortho intramolecular Hbond substituents is 3. The molecule has 60 heavy (non-hydrogen) atoms. The topological polar surface area (TPSA) is 220 Å². The van der Waals surface area contributed by atoms with Crippen molar-refractivity contribution in [1.82, 2.24) is 9.91 Å². The quantitative estimate of drug-likeness (QED) is 0.104. The molecule has 2 aromatic rings. The number of likely N-dealkylation sites (N-methyl/N-ethyl adjacent to an activating group) is 1. The highest BCUT2D eigenvalue weighted by molar-refractivity contribution is 6.23. The van der Waals surface area contributed by atoms with Gasteiger partial charge in [0.25, 0.3) is 11.7 Å². The Morgan fingerprint density at radius 1 is 0.967 bits per heavy atom. The van der Waals surface area contributed by atoms with E-state index < -0.39 is 88.8 Å². The average molecular weight is 837 g/mol. The minimum Gasteiger partial charge on any atom is -0.507 e. The predicted molar refractivity (Wildman–Crippen MR) is 225 cm³/mol. The molecule has 0 radical (unpaired) electrons. The van der Waals surface area contributed by atoms with E-state index >= 15 is 0 Å². The lowest BCUT2D eigenvalue weighted by Gasteiger charge is -2.38. The number of aliphatic hydroxyl groups excluding tert-OH is 2. The maximum Gasteiger partial charge on any atom is 0.312 e. The Balaban J connectivity index is 1.70. The number of esters is 1. The van der Waals surface area contributed by atoms with Gasteiger partial charge in [-0.1, -0.05) is 52.8 Å². The number of fused-ring (bicyclic) bond motifs is 14. The minimum atomic E-state index is -2.04. The first-order chi connectivity index (χ1) is 28.3. The summed E-state index contributed by atoms with van der Waals surface area (Å²) >= 11 is 0. The molecule has 4 aliphatic rings. The summed E-state index contributed by atoms with van der Waals surface area (Å²) in [4.78, 5) is 42.8. The second kappa shape index (κ2) is 18.6. The standard InChI is InChI=1S/C44H60N4O12/c1-11-47-16-18-48(19-17-47)45-21-29-34-39(54)32-31(38(29)53)33-41(27(7)37(32)52)60-44(9,42(33)55)58-20-15-30(57-10)24(4)40(59-28(8)49)26(6)36(51)25(5)35(50)22(2)13-12-14-23(3)43(56)46-34/h12-15,20-22,24-26,30,35-36,40,50-54H,11,16-19H2,1-10H3,(H,46,56)/b13-12+,20-15+,23-14+,45-21+. The van der Waals surface area contributed by atoms with Crippen molar-refractivity contribution in [2.45, 2.75) is 92.5 Å². The number of carbonyl (C=O) groups excluding carboxylic acids is 3. The van der Waals surface area contributed by atoms with E-state index in [1.807, 2.05) is 0 Å². The SMILES string of the molecule is CCN1CCN(/N=C/c2c3c(O)c4c(O)c(C)c5c(c4c2O)C(=O)C(C)(O/C=C/C(OC)C(C)C(OC(C)=O)C(C)C(O)C(C)C(O)C(C)/C=C/C=C(\C)C(=O)N3)O5)CC1. The van der Waals surface area contributed by atoms with E-state index in [2.05, 4.69) is 22.2 Å². The summed E-state index contributed by atoms with van der Waals surface area (Å²) in [5, 5.41) is 67.0. The molecule has 4 aliphatic heterocycles. The summed E-state index contributed by atoms with van der Waals surface area (Å²) < 4.78 is 23.6. The number of nitrogens with zero attached hydrogens (tertiary/aromatic N) is 3. The molecule has 9 unspecified atom stereocenters. The summed E-state index contributed by atoms with van der Waals surface area (Å²) in [7, 11) is 1.44. The fourth-order valence-corrected chi connectivity index (χ4v) is 8.18. The van der Waals surface area contributed by atoms with Crippen LogP contribution in [0.3, 0.4) is 0 Å². The molecule has 6 N–H and O–H groups in total. The van der Waals surface area contributed by atoms with E-state index in [0.717, 1.165) is 19.6 Å². The molecule has 4 heterocycles. The lowest BCUT2D eigenvalue weighted by molar-refractivity contribution is -0.160. The van der Waals surface area contributed by atoms with Crippen LogP contribution in [-0.4, -0.2) is 129 Å². The number of aromatic hydroxyl groups is 3. The van der Waals surface area contributed by atoms with Crippen LogP contribution in [0.5, 0.6) is 23.0 Å². The third-order valence-corrected chi connectivity index (χ3v) is 12.2. The Morgan fingerprint density at radius 2 is 1.63 bits per heavy atom. The first-order valence-electron chi connectivity index (χ1n) is 20.4. The van der Waals surface area contributed by atoms with Crippen LogP contribution in [0.15, 0.2) is 41.2 Å². The van der Waals surface area contributed by atoms with Crippen molar-refractivity contribution in [2.75, 3.05) is 45.2 Å². The number of amides is 1. The summed E-state index contributed by atoms with van der Waals surface area (Å²) in [6.07, 6.45) is 4.88. The van der Waals surface area contributed by atoms with Gasteiger partial charge in [-0.2, -0.15) is 5.10 Å². The van der Waals surface area contributed by atoms with Crippen molar-refractivity contribution >= 4 is 40.3 Å². The Labute approximate surface area is 350 Å². The lowest BCUT2D eigenvalue weighted by Crippen LogP contribution is -2.46. The van der Waals surface area contributed by atoms with Crippen LogP contribution < -0.4 is 10.1 Å². The van der Waals surface area contributed by atoms with Gasteiger partial charge in [-0.15, -0.1) is 0 Å². The summed E-state index contributed by atoms with van der Waals surface area (Å²) in [6, 6.07) is 0. The molecule has 328 valence electrons. The molecule has 0 saturated carbocycles. The third-order valence-electron chi connectivity index (χ3n) is 12.2. The van der Waals surface area contributed by atoms with Gasteiger partial charge in [-0.3, -0.25) is 24.3 Å². The van der Waals surface area contributed by atoms with Crippen LogP contribution >= 0.6 is 0 Å². The molecule has 6 rings (SSSR count). The number of Topliss-reactive ketones (excluding diaryl/α,β-unsaturated/α-hetero) is 1. The normalized spacial score (nSPS) is 31.7. The second-order valence-corrected chi connectivity index (χ2v) is 16.3. The maximum atomic E-state index is 14.5. The van der Waals surface area contributed by atoms with Crippen molar-refractivity contribution in [3.63, 3.8) is 0 Å². The van der Waals surface area contributed by atoms with Gasteiger partial charge in [0.05, 0.1) is 53.0 Å². The van der Waals surface area contributed by atoms with E-state index in [1.54, 1.807) is 44.9 Å². The number of nitrogens with one attached hydrogen (secondary N) is 1. The molecule has 0 aromatic heterocycles. The van der Waals surface area contributed by atoms with Crippen molar-refractivity contribution in [3.8, 4) is 23.0 Å². The Bertz CT molecular complexity index is 2090. The number of ether oxygens (including phenoxy) is 4. The Kier molecular flexibility index (Phi) is 14.3. The monoisotopic (exact) mass is 836 g/mol. The highest BCUT2D eigenvalue weighted by Gasteiger charge is 2.50. The zero-order valence-electron chi connectivity index (χ0n) is 36.1. The molecular formula is C44H60N4O12. The zero-order chi connectivity index (χ0) is 44.4. The Hall–Kier alpha value is -5.16. The smallest absolute Gasteiger partial charge is 0.312 e. The van der Waals surface area contributed by atoms with Gasteiger partial charge in [-0.05, 0) is 26.5 Å². The van der Waals surface area contributed by atoms with Gasteiger partial charge < -0.3 is 49.8 Å². The molecule has 5 bridgehead atoms. The largest absolute Gasteiger partial charge is 0.507 e. The molecule has 16 heteroatoms. The number of carbonyl (C=O) groups is 3. The van der Waals surface area contributed by atoms with Crippen molar-refractivity contribution in [2.24, 2.45) is 28.8 Å². The van der Waals surface area contributed by atoms with Gasteiger partial charge >= 0.3 is 11.8 Å².